The van der Waals surface area contributed by atoms with Crippen molar-refractivity contribution in [2.75, 3.05) is 18.7 Å². The topological polar surface area (TPSA) is 39.7 Å². The van der Waals surface area contributed by atoms with Crippen molar-refractivity contribution in [3.63, 3.8) is 0 Å². The van der Waals surface area contributed by atoms with Gasteiger partial charge in [-0.05, 0) is 12.8 Å². The lowest BCUT2D eigenvalue weighted by atomic mass is 9.55. The van der Waals surface area contributed by atoms with Crippen LogP contribution in [0.5, 0.6) is 11.5 Å². The molecule has 4 nitrogen and oxygen atoms in total. The molecular formula is C16H20ClNO3. The van der Waals surface area contributed by atoms with Gasteiger partial charge in [-0.15, -0.1) is 0 Å². The molecule has 1 saturated carbocycles. The molecule has 114 valence electrons. The van der Waals surface area contributed by atoms with Crippen LogP contribution in [0.4, 0.5) is 5.69 Å². The molecule has 5 heteroatoms. The summed E-state index contributed by atoms with van der Waals surface area (Å²) in [4.78, 5) is 0. The minimum Gasteiger partial charge on any atom is -0.454 e. The Morgan fingerprint density at radius 3 is 2.81 bits per heavy atom. The van der Waals surface area contributed by atoms with Crippen LogP contribution in [0.3, 0.4) is 0 Å². The van der Waals surface area contributed by atoms with E-state index in [1.807, 2.05) is 12.1 Å². The molecule has 4 rings (SSSR count). The van der Waals surface area contributed by atoms with E-state index in [1.165, 1.54) is 6.42 Å². The number of rotatable bonds is 2. The van der Waals surface area contributed by atoms with Gasteiger partial charge in [0.15, 0.2) is 11.5 Å². The first-order valence-corrected chi connectivity index (χ1v) is 7.92. The summed E-state index contributed by atoms with van der Waals surface area (Å²) in [5, 5.41) is 4.29. The zero-order valence-electron chi connectivity index (χ0n) is 12.3. The Balaban J connectivity index is 1.58. The summed E-state index contributed by atoms with van der Waals surface area (Å²) < 4.78 is 16.7. The highest BCUT2D eigenvalue weighted by Gasteiger charge is 2.58. The summed E-state index contributed by atoms with van der Waals surface area (Å²) >= 11 is 6.37. The zero-order valence-corrected chi connectivity index (χ0v) is 13.1. The predicted molar refractivity (Wildman–Crippen MR) is 81.2 cm³/mol. The molecule has 0 radical (unpaired) electrons. The van der Waals surface area contributed by atoms with Gasteiger partial charge in [-0.3, -0.25) is 0 Å². The van der Waals surface area contributed by atoms with Crippen molar-refractivity contribution in [1.82, 2.24) is 0 Å². The van der Waals surface area contributed by atoms with Crippen molar-refractivity contribution in [3.8, 4) is 11.5 Å². The monoisotopic (exact) mass is 309 g/mol. The maximum absolute atomic E-state index is 6.37. The molecule has 1 N–H and O–H groups in total. The third-order valence-electron chi connectivity index (χ3n) is 5.10. The van der Waals surface area contributed by atoms with Gasteiger partial charge in [-0.2, -0.15) is 0 Å². The number of hydrogen-bond acceptors (Lipinski definition) is 4. The van der Waals surface area contributed by atoms with Gasteiger partial charge in [0.05, 0.1) is 16.8 Å². The lowest BCUT2D eigenvalue weighted by molar-refractivity contribution is -0.177. The fraction of sp³-hybridized carbons (Fsp3) is 0.625. The molecule has 0 aromatic heterocycles. The highest BCUT2D eigenvalue weighted by Crippen LogP contribution is 2.53. The standard InChI is InChI=1S/C16H20ClNO3/c1-16(2)14(9-4-3-5-19-15(9)16)18-11-7-13-12(6-10(11)17)20-8-21-13/h6-7,9,14-15,18H,3-5,8H2,1-2H3. The van der Waals surface area contributed by atoms with Crippen LogP contribution in [-0.4, -0.2) is 25.5 Å². The van der Waals surface area contributed by atoms with Gasteiger partial charge in [0.25, 0.3) is 0 Å². The number of fused-ring (bicyclic) bond motifs is 2. The second-order valence-corrected chi connectivity index (χ2v) is 7.13. The van der Waals surface area contributed by atoms with Gasteiger partial charge in [0.1, 0.15) is 0 Å². The van der Waals surface area contributed by atoms with E-state index in [4.69, 9.17) is 25.8 Å². The lowest BCUT2D eigenvalue weighted by Gasteiger charge is -2.60. The minimum atomic E-state index is 0.116. The van der Waals surface area contributed by atoms with E-state index in [2.05, 4.69) is 19.2 Å². The van der Waals surface area contributed by atoms with Crippen LogP contribution in [0.2, 0.25) is 5.02 Å². The van der Waals surface area contributed by atoms with Crippen LogP contribution < -0.4 is 14.8 Å². The van der Waals surface area contributed by atoms with Gasteiger partial charge in [-0.25, -0.2) is 0 Å². The second-order valence-electron chi connectivity index (χ2n) is 6.73. The van der Waals surface area contributed by atoms with Crippen molar-refractivity contribution in [2.24, 2.45) is 11.3 Å². The molecule has 1 saturated heterocycles. The van der Waals surface area contributed by atoms with E-state index < -0.39 is 0 Å². The summed E-state index contributed by atoms with van der Waals surface area (Å²) in [5.74, 6) is 2.04. The predicted octanol–water partition coefficient (Wildman–Crippen LogP) is 3.68. The Morgan fingerprint density at radius 2 is 2.00 bits per heavy atom. The zero-order chi connectivity index (χ0) is 14.6. The van der Waals surface area contributed by atoms with Gasteiger partial charge in [-0.1, -0.05) is 25.4 Å². The number of anilines is 1. The molecule has 1 aromatic carbocycles. The molecule has 1 aliphatic carbocycles. The van der Waals surface area contributed by atoms with Crippen LogP contribution in [0.25, 0.3) is 0 Å². The van der Waals surface area contributed by atoms with Gasteiger partial charge >= 0.3 is 0 Å². The number of ether oxygens (including phenoxy) is 3. The summed E-state index contributed by atoms with van der Waals surface area (Å²) in [6, 6.07) is 4.14. The summed E-state index contributed by atoms with van der Waals surface area (Å²) in [6.07, 6.45) is 2.72. The SMILES string of the molecule is CC1(C)C(Nc2cc3c(cc2Cl)OCO3)C2CCCOC21. The number of hydrogen-bond donors (Lipinski definition) is 1. The van der Waals surface area contributed by atoms with Gasteiger partial charge < -0.3 is 19.5 Å². The van der Waals surface area contributed by atoms with E-state index in [0.29, 0.717) is 23.1 Å². The Hall–Kier alpha value is -1.13. The van der Waals surface area contributed by atoms with Crippen LogP contribution in [0.15, 0.2) is 12.1 Å². The van der Waals surface area contributed by atoms with Crippen molar-refractivity contribution < 1.29 is 14.2 Å². The van der Waals surface area contributed by atoms with Crippen LogP contribution in [0.1, 0.15) is 26.7 Å². The van der Waals surface area contributed by atoms with E-state index in [9.17, 15) is 0 Å². The third-order valence-corrected chi connectivity index (χ3v) is 5.42. The molecule has 0 spiro atoms. The van der Waals surface area contributed by atoms with Crippen LogP contribution >= 0.6 is 11.6 Å². The van der Waals surface area contributed by atoms with E-state index in [1.54, 1.807) is 0 Å². The molecule has 2 aliphatic heterocycles. The second kappa shape index (κ2) is 4.68. The first-order chi connectivity index (χ1) is 10.1. The Labute approximate surface area is 129 Å². The van der Waals surface area contributed by atoms with Crippen LogP contribution in [-0.2, 0) is 4.74 Å². The van der Waals surface area contributed by atoms with Crippen molar-refractivity contribution >= 4 is 17.3 Å². The summed E-state index contributed by atoms with van der Waals surface area (Å²) in [5.41, 5.74) is 1.04. The molecule has 3 aliphatic rings. The fourth-order valence-corrected chi connectivity index (χ4v) is 4.22. The van der Waals surface area contributed by atoms with E-state index >= 15 is 0 Å². The maximum atomic E-state index is 6.37. The molecule has 0 bridgehead atoms. The van der Waals surface area contributed by atoms with Crippen molar-refractivity contribution in [3.05, 3.63) is 17.2 Å². The lowest BCUT2D eigenvalue weighted by Crippen LogP contribution is -2.67. The number of halogens is 1. The van der Waals surface area contributed by atoms with Crippen molar-refractivity contribution in [2.45, 2.75) is 38.8 Å². The smallest absolute Gasteiger partial charge is 0.231 e. The molecule has 0 amide bonds. The van der Waals surface area contributed by atoms with Crippen molar-refractivity contribution in [1.29, 1.82) is 0 Å². The highest BCUT2D eigenvalue weighted by atomic mass is 35.5. The normalized spacial score (nSPS) is 32.2. The Kier molecular flexibility index (Phi) is 3.02. The maximum Gasteiger partial charge on any atom is 0.231 e. The first kappa shape index (κ1) is 13.5. The largest absolute Gasteiger partial charge is 0.454 e. The Bertz CT molecular complexity index is 575. The molecular weight excluding hydrogens is 290 g/mol. The quantitative estimate of drug-likeness (QED) is 0.904. The molecule has 21 heavy (non-hydrogen) atoms. The summed E-state index contributed by atoms with van der Waals surface area (Å²) in [6.45, 7) is 5.68. The minimum absolute atomic E-state index is 0.116. The van der Waals surface area contributed by atoms with Crippen LogP contribution in [0, 0.1) is 11.3 Å². The molecule has 2 fully saturated rings. The highest BCUT2D eigenvalue weighted by molar-refractivity contribution is 6.33. The molecule has 3 unspecified atom stereocenters. The molecule has 1 aromatic rings. The summed E-state index contributed by atoms with van der Waals surface area (Å²) in [7, 11) is 0. The van der Waals surface area contributed by atoms with Gasteiger partial charge in [0.2, 0.25) is 6.79 Å². The Morgan fingerprint density at radius 1 is 1.24 bits per heavy atom. The van der Waals surface area contributed by atoms with E-state index in [-0.39, 0.29) is 12.2 Å². The molecule has 2 heterocycles. The first-order valence-electron chi connectivity index (χ1n) is 7.54. The molecule has 3 atom stereocenters. The number of nitrogens with one attached hydrogen (secondary N) is 1. The third kappa shape index (κ3) is 2.00. The van der Waals surface area contributed by atoms with Gasteiger partial charge in [0, 0.05) is 36.1 Å². The van der Waals surface area contributed by atoms with E-state index in [0.717, 1.165) is 30.2 Å². The average molecular weight is 310 g/mol. The fourth-order valence-electron chi connectivity index (χ4n) is 4.01. The number of benzene rings is 1. The average Bonchev–Trinajstić information content (AvgIpc) is 2.91.